The fourth-order valence-corrected chi connectivity index (χ4v) is 1.32. The van der Waals surface area contributed by atoms with Crippen LogP contribution >= 0.6 is 0 Å². The summed E-state index contributed by atoms with van der Waals surface area (Å²) in [6.07, 6.45) is 0.781. The molecule has 0 amide bonds. The molecule has 3 N–H and O–H groups in total. The Morgan fingerprint density at radius 2 is 2.18 bits per heavy atom. The zero-order valence-electron chi connectivity index (χ0n) is 9.83. The van der Waals surface area contributed by atoms with Crippen LogP contribution in [-0.4, -0.2) is 26.2 Å². The van der Waals surface area contributed by atoms with Gasteiger partial charge in [0.2, 0.25) is 0 Å². The first-order valence-corrected chi connectivity index (χ1v) is 5.34. The summed E-state index contributed by atoms with van der Waals surface area (Å²) >= 11 is 0. The first-order valence-electron chi connectivity index (χ1n) is 5.34. The van der Waals surface area contributed by atoms with E-state index in [1.54, 1.807) is 19.2 Å². The lowest BCUT2D eigenvalue weighted by molar-refractivity contribution is 0.0913. The molecule has 0 aliphatic rings. The van der Waals surface area contributed by atoms with Crippen molar-refractivity contribution < 1.29 is 13.9 Å². The number of hydrogen-bond donors (Lipinski definition) is 2. The highest BCUT2D eigenvalue weighted by molar-refractivity contribution is 5.94. The quantitative estimate of drug-likeness (QED) is 0.432. The minimum atomic E-state index is -0.399. The van der Waals surface area contributed by atoms with E-state index in [4.69, 9.17) is 20.6 Å². The lowest BCUT2D eigenvalue weighted by Crippen LogP contribution is -2.11. The summed E-state index contributed by atoms with van der Waals surface area (Å²) in [7, 11) is 1.63. The fourth-order valence-electron chi connectivity index (χ4n) is 1.32. The first kappa shape index (κ1) is 13.6. The average molecular weight is 240 g/mol. The van der Waals surface area contributed by atoms with Crippen LogP contribution in [0, 0.1) is 11.2 Å². The van der Waals surface area contributed by atoms with Gasteiger partial charge in [-0.3, -0.25) is 5.41 Å². The molecule has 1 aromatic rings. The van der Waals surface area contributed by atoms with Gasteiger partial charge in [0.1, 0.15) is 11.7 Å². The van der Waals surface area contributed by atoms with E-state index in [1.807, 2.05) is 0 Å². The van der Waals surface area contributed by atoms with Crippen LogP contribution in [-0.2, 0) is 16.1 Å². The average Bonchev–Trinajstić information content (AvgIpc) is 2.30. The number of nitrogens with one attached hydrogen (secondary N) is 1. The molecule has 0 aromatic heterocycles. The molecule has 4 nitrogen and oxygen atoms in total. The van der Waals surface area contributed by atoms with Gasteiger partial charge < -0.3 is 15.2 Å². The van der Waals surface area contributed by atoms with Gasteiger partial charge in [-0.25, -0.2) is 4.39 Å². The Hall–Kier alpha value is -1.46. The van der Waals surface area contributed by atoms with Crippen molar-refractivity contribution in [2.75, 3.05) is 20.3 Å². The molecule has 0 bridgehead atoms. The van der Waals surface area contributed by atoms with E-state index in [0.29, 0.717) is 24.3 Å². The van der Waals surface area contributed by atoms with Gasteiger partial charge in [-0.05, 0) is 12.5 Å². The normalized spacial score (nSPS) is 10.5. The van der Waals surface area contributed by atoms with E-state index in [9.17, 15) is 4.39 Å². The van der Waals surface area contributed by atoms with Gasteiger partial charge >= 0.3 is 0 Å². The molecule has 1 rings (SSSR count). The summed E-state index contributed by atoms with van der Waals surface area (Å²) in [5, 5.41) is 7.18. The van der Waals surface area contributed by atoms with Crippen LogP contribution in [0.2, 0.25) is 0 Å². The van der Waals surface area contributed by atoms with Crippen LogP contribution in [0.4, 0.5) is 4.39 Å². The number of rotatable bonds is 7. The second-order valence-electron chi connectivity index (χ2n) is 3.62. The van der Waals surface area contributed by atoms with Crippen LogP contribution in [0.5, 0.6) is 0 Å². The van der Waals surface area contributed by atoms with Gasteiger partial charge in [-0.2, -0.15) is 0 Å². The zero-order chi connectivity index (χ0) is 12.7. The van der Waals surface area contributed by atoms with Gasteiger partial charge in [0.05, 0.1) is 6.61 Å². The molecule has 0 radical (unpaired) electrons. The molecule has 5 heteroatoms. The molecular weight excluding hydrogens is 223 g/mol. The lowest BCUT2D eigenvalue weighted by atomic mass is 10.1. The van der Waals surface area contributed by atoms with Gasteiger partial charge in [-0.15, -0.1) is 0 Å². The minimum absolute atomic E-state index is 0.142. The molecule has 0 aliphatic heterocycles. The number of nitrogens with two attached hydrogens (primary N) is 1. The molecule has 0 atom stereocenters. The van der Waals surface area contributed by atoms with Crippen molar-refractivity contribution in [3.63, 3.8) is 0 Å². The van der Waals surface area contributed by atoms with Crippen LogP contribution in [0.1, 0.15) is 17.5 Å². The number of halogens is 1. The van der Waals surface area contributed by atoms with E-state index < -0.39 is 5.82 Å². The SMILES string of the molecule is COCCCOCc1ccc(C(=N)N)cc1F. The standard InChI is InChI=1S/C12H17FN2O2/c1-16-5-2-6-17-8-10-4-3-9(12(14)15)7-11(10)13/h3-4,7H,2,5-6,8H2,1H3,(H3,14,15). The highest BCUT2D eigenvalue weighted by Gasteiger charge is 2.05. The van der Waals surface area contributed by atoms with E-state index in [0.717, 1.165) is 6.42 Å². The van der Waals surface area contributed by atoms with E-state index in [2.05, 4.69) is 0 Å². The Morgan fingerprint density at radius 3 is 2.76 bits per heavy atom. The summed E-state index contributed by atoms with van der Waals surface area (Å²) in [5.41, 5.74) is 6.10. The smallest absolute Gasteiger partial charge is 0.129 e. The molecule has 0 aliphatic carbocycles. The van der Waals surface area contributed by atoms with Crippen molar-refractivity contribution in [1.29, 1.82) is 5.41 Å². The van der Waals surface area contributed by atoms with Gasteiger partial charge in [0, 0.05) is 31.5 Å². The topological polar surface area (TPSA) is 68.3 Å². The van der Waals surface area contributed by atoms with Crippen LogP contribution in [0.15, 0.2) is 18.2 Å². The van der Waals surface area contributed by atoms with Gasteiger partial charge in [-0.1, -0.05) is 12.1 Å². The third kappa shape index (κ3) is 4.50. The molecule has 17 heavy (non-hydrogen) atoms. The van der Waals surface area contributed by atoms with Gasteiger partial charge in [0.25, 0.3) is 0 Å². The Labute approximate surface area is 100 Å². The maximum Gasteiger partial charge on any atom is 0.129 e. The molecule has 0 heterocycles. The summed E-state index contributed by atoms with van der Waals surface area (Å²) < 4.78 is 23.7. The van der Waals surface area contributed by atoms with Gasteiger partial charge in [0.15, 0.2) is 0 Å². The molecule has 1 aromatic carbocycles. The van der Waals surface area contributed by atoms with Crippen LogP contribution < -0.4 is 5.73 Å². The van der Waals surface area contributed by atoms with E-state index in [1.165, 1.54) is 6.07 Å². The predicted molar refractivity (Wildman–Crippen MR) is 63.6 cm³/mol. The van der Waals surface area contributed by atoms with Crippen molar-refractivity contribution in [1.82, 2.24) is 0 Å². The molecule has 0 fully saturated rings. The van der Waals surface area contributed by atoms with Crippen molar-refractivity contribution in [2.45, 2.75) is 13.0 Å². The predicted octanol–water partition coefficient (Wildman–Crippen LogP) is 1.66. The maximum absolute atomic E-state index is 13.5. The van der Waals surface area contributed by atoms with E-state index >= 15 is 0 Å². The van der Waals surface area contributed by atoms with E-state index in [-0.39, 0.29) is 12.4 Å². The number of amidine groups is 1. The molecule has 0 spiro atoms. The Balaban J connectivity index is 2.46. The second-order valence-corrected chi connectivity index (χ2v) is 3.62. The zero-order valence-corrected chi connectivity index (χ0v) is 9.83. The summed E-state index contributed by atoms with van der Waals surface area (Å²) in [6.45, 7) is 1.38. The fraction of sp³-hybridized carbons (Fsp3) is 0.417. The molecular formula is C12H17FN2O2. The molecule has 0 unspecified atom stereocenters. The lowest BCUT2D eigenvalue weighted by Gasteiger charge is -2.06. The van der Waals surface area contributed by atoms with Crippen molar-refractivity contribution >= 4 is 5.84 Å². The van der Waals surface area contributed by atoms with Crippen molar-refractivity contribution in [2.24, 2.45) is 5.73 Å². The maximum atomic E-state index is 13.5. The Morgan fingerprint density at radius 1 is 1.41 bits per heavy atom. The highest BCUT2D eigenvalue weighted by Crippen LogP contribution is 2.11. The third-order valence-electron chi connectivity index (χ3n) is 2.26. The molecule has 94 valence electrons. The van der Waals surface area contributed by atoms with Crippen LogP contribution in [0.25, 0.3) is 0 Å². The first-order chi connectivity index (χ1) is 8.15. The Bertz CT molecular complexity index is 383. The van der Waals surface area contributed by atoms with Crippen molar-refractivity contribution in [3.05, 3.63) is 35.1 Å². The largest absolute Gasteiger partial charge is 0.385 e. The number of hydrogen-bond acceptors (Lipinski definition) is 3. The number of nitrogen functional groups attached to an aromatic ring is 1. The summed E-state index contributed by atoms with van der Waals surface area (Å²) in [6, 6.07) is 4.44. The monoisotopic (exact) mass is 240 g/mol. The summed E-state index contributed by atoms with van der Waals surface area (Å²) in [4.78, 5) is 0. The van der Waals surface area contributed by atoms with Crippen molar-refractivity contribution in [3.8, 4) is 0 Å². The third-order valence-corrected chi connectivity index (χ3v) is 2.26. The van der Waals surface area contributed by atoms with Crippen LogP contribution in [0.3, 0.4) is 0 Å². The summed E-state index contributed by atoms with van der Waals surface area (Å²) in [5.74, 6) is -0.541. The number of methoxy groups -OCH3 is 1. The Kier molecular flexibility index (Phi) is 5.59. The second kappa shape index (κ2) is 6.98. The molecule has 0 saturated carbocycles. The minimum Gasteiger partial charge on any atom is -0.385 e. The number of ether oxygens (including phenoxy) is 2. The molecule has 0 saturated heterocycles. The highest BCUT2D eigenvalue weighted by atomic mass is 19.1. The number of benzene rings is 1.